The summed E-state index contributed by atoms with van der Waals surface area (Å²) in [7, 11) is 1.69. The quantitative estimate of drug-likeness (QED) is 0.643. The van der Waals surface area contributed by atoms with E-state index >= 15 is 0 Å². The SMILES string of the molecule is COc1cccc(N2CCN([C@@H](C)C(=O)Nc3ccccc3-c3ccccc3)CC2)c1. The Bertz CT molecular complexity index is 1010. The summed E-state index contributed by atoms with van der Waals surface area (Å²) in [6.07, 6.45) is 0. The summed E-state index contributed by atoms with van der Waals surface area (Å²) >= 11 is 0. The number of benzene rings is 3. The summed E-state index contributed by atoms with van der Waals surface area (Å²) < 4.78 is 5.34. The molecule has 4 rings (SSSR count). The topological polar surface area (TPSA) is 44.8 Å². The van der Waals surface area contributed by atoms with Gasteiger partial charge >= 0.3 is 0 Å². The van der Waals surface area contributed by atoms with E-state index in [2.05, 4.69) is 39.4 Å². The van der Waals surface area contributed by atoms with Crippen LogP contribution in [0.4, 0.5) is 11.4 Å². The summed E-state index contributed by atoms with van der Waals surface area (Å²) in [5.41, 5.74) is 4.14. The highest BCUT2D eigenvalue weighted by Crippen LogP contribution is 2.28. The van der Waals surface area contributed by atoms with Crippen LogP contribution in [0.2, 0.25) is 0 Å². The van der Waals surface area contributed by atoms with Crippen molar-refractivity contribution in [3.63, 3.8) is 0 Å². The van der Waals surface area contributed by atoms with Gasteiger partial charge in [0, 0.05) is 49.2 Å². The summed E-state index contributed by atoms with van der Waals surface area (Å²) in [5.74, 6) is 0.892. The zero-order chi connectivity index (χ0) is 21.6. The molecular formula is C26H29N3O2. The molecule has 1 fully saturated rings. The number of nitrogens with zero attached hydrogens (tertiary/aromatic N) is 2. The first-order chi connectivity index (χ1) is 15.2. The molecular weight excluding hydrogens is 386 g/mol. The normalized spacial score (nSPS) is 15.4. The number of carbonyl (C=O) groups is 1. The second-order valence-corrected chi connectivity index (χ2v) is 7.80. The average Bonchev–Trinajstić information content (AvgIpc) is 2.84. The number of amides is 1. The molecule has 0 saturated carbocycles. The maximum Gasteiger partial charge on any atom is 0.241 e. The zero-order valence-electron chi connectivity index (χ0n) is 18.1. The molecule has 5 heteroatoms. The lowest BCUT2D eigenvalue weighted by molar-refractivity contribution is -0.120. The molecule has 1 saturated heterocycles. The van der Waals surface area contributed by atoms with Gasteiger partial charge < -0.3 is 15.0 Å². The molecule has 1 aliphatic rings. The fourth-order valence-corrected chi connectivity index (χ4v) is 4.04. The maximum absolute atomic E-state index is 13.0. The molecule has 3 aromatic carbocycles. The van der Waals surface area contributed by atoms with E-state index in [0.717, 1.165) is 54.4 Å². The molecule has 1 N–H and O–H groups in total. The minimum atomic E-state index is -0.198. The Labute approximate surface area is 184 Å². The van der Waals surface area contributed by atoms with E-state index in [1.54, 1.807) is 7.11 Å². The van der Waals surface area contributed by atoms with Crippen LogP contribution in [-0.4, -0.2) is 50.1 Å². The lowest BCUT2D eigenvalue weighted by Gasteiger charge is -2.38. The van der Waals surface area contributed by atoms with Crippen LogP contribution in [0.15, 0.2) is 78.9 Å². The van der Waals surface area contributed by atoms with Crippen molar-refractivity contribution >= 4 is 17.3 Å². The number of carbonyl (C=O) groups excluding carboxylic acids is 1. The zero-order valence-corrected chi connectivity index (χ0v) is 18.1. The summed E-state index contributed by atoms with van der Waals surface area (Å²) in [4.78, 5) is 17.6. The van der Waals surface area contributed by atoms with Crippen LogP contribution in [0.25, 0.3) is 11.1 Å². The fraction of sp³-hybridized carbons (Fsp3) is 0.269. The Hall–Kier alpha value is -3.31. The van der Waals surface area contributed by atoms with Crippen LogP contribution in [0, 0.1) is 0 Å². The molecule has 0 unspecified atom stereocenters. The number of anilines is 2. The monoisotopic (exact) mass is 415 g/mol. The lowest BCUT2D eigenvalue weighted by Crippen LogP contribution is -2.52. The van der Waals surface area contributed by atoms with Crippen molar-refractivity contribution in [1.82, 2.24) is 4.90 Å². The van der Waals surface area contributed by atoms with Gasteiger partial charge in [0.25, 0.3) is 0 Å². The molecule has 0 aromatic heterocycles. The highest BCUT2D eigenvalue weighted by molar-refractivity contribution is 5.98. The predicted molar refractivity (Wildman–Crippen MR) is 127 cm³/mol. The predicted octanol–water partition coefficient (Wildman–Crippen LogP) is 4.51. The van der Waals surface area contributed by atoms with Gasteiger partial charge in [-0.3, -0.25) is 9.69 Å². The number of rotatable bonds is 6. The molecule has 1 aliphatic heterocycles. The second-order valence-electron chi connectivity index (χ2n) is 7.80. The second kappa shape index (κ2) is 9.67. The minimum absolute atomic E-state index is 0.0261. The van der Waals surface area contributed by atoms with E-state index in [9.17, 15) is 4.79 Å². The van der Waals surface area contributed by atoms with Crippen molar-refractivity contribution in [2.24, 2.45) is 0 Å². The number of hydrogen-bond acceptors (Lipinski definition) is 4. The molecule has 1 amide bonds. The number of ether oxygens (including phenoxy) is 1. The smallest absolute Gasteiger partial charge is 0.241 e. The van der Waals surface area contributed by atoms with E-state index in [4.69, 9.17) is 4.74 Å². The molecule has 0 bridgehead atoms. The van der Waals surface area contributed by atoms with Crippen LogP contribution in [0.1, 0.15) is 6.92 Å². The Kier molecular flexibility index (Phi) is 6.53. The van der Waals surface area contributed by atoms with Crippen LogP contribution < -0.4 is 15.0 Å². The van der Waals surface area contributed by atoms with Gasteiger partial charge in [-0.2, -0.15) is 0 Å². The maximum atomic E-state index is 13.0. The summed E-state index contributed by atoms with van der Waals surface area (Å²) in [6.45, 7) is 5.43. The van der Waals surface area contributed by atoms with Crippen LogP contribution in [-0.2, 0) is 4.79 Å². The Morgan fingerprint density at radius 1 is 0.903 bits per heavy atom. The first kappa shape index (κ1) is 20.9. The van der Waals surface area contributed by atoms with E-state index in [-0.39, 0.29) is 11.9 Å². The third kappa shape index (κ3) is 4.89. The number of piperazine rings is 1. The highest BCUT2D eigenvalue weighted by atomic mass is 16.5. The molecule has 5 nitrogen and oxygen atoms in total. The van der Waals surface area contributed by atoms with Crippen molar-refractivity contribution in [3.8, 4) is 16.9 Å². The van der Waals surface area contributed by atoms with E-state index in [1.807, 2.05) is 61.5 Å². The van der Waals surface area contributed by atoms with Crippen molar-refractivity contribution in [2.45, 2.75) is 13.0 Å². The third-order valence-corrected chi connectivity index (χ3v) is 5.93. The number of methoxy groups -OCH3 is 1. The van der Waals surface area contributed by atoms with E-state index in [1.165, 1.54) is 0 Å². The van der Waals surface area contributed by atoms with Gasteiger partial charge in [0.05, 0.1) is 13.2 Å². The van der Waals surface area contributed by atoms with Gasteiger partial charge in [0.2, 0.25) is 5.91 Å². The summed E-state index contributed by atoms with van der Waals surface area (Å²) in [6, 6.07) is 26.1. The molecule has 160 valence electrons. The summed E-state index contributed by atoms with van der Waals surface area (Å²) in [5, 5.41) is 3.15. The highest BCUT2D eigenvalue weighted by Gasteiger charge is 2.26. The lowest BCUT2D eigenvalue weighted by atomic mass is 10.0. The van der Waals surface area contributed by atoms with Crippen molar-refractivity contribution in [2.75, 3.05) is 43.5 Å². The van der Waals surface area contributed by atoms with Crippen molar-refractivity contribution in [3.05, 3.63) is 78.9 Å². The van der Waals surface area contributed by atoms with Gasteiger partial charge in [-0.15, -0.1) is 0 Å². The van der Waals surface area contributed by atoms with Crippen molar-refractivity contribution in [1.29, 1.82) is 0 Å². The third-order valence-electron chi connectivity index (χ3n) is 5.93. The molecule has 1 heterocycles. The van der Waals surface area contributed by atoms with Crippen LogP contribution >= 0.6 is 0 Å². The molecule has 3 aromatic rings. The Morgan fingerprint density at radius 2 is 1.61 bits per heavy atom. The average molecular weight is 416 g/mol. The standard InChI is InChI=1S/C26H29N3O2/c1-20(28-15-17-29(18-16-28)22-11-8-12-23(19-22)31-2)26(30)27-25-14-7-6-13-24(25)21-9-4-3-5-10-21/h3-14,19-20H,15-18H2,1-2H3,(H,27,30)/t20-/m0/s1. The first-order valence-corrected chi connectivity index (χ1v) is 10.7. The largest absolute Gasteiger partial charge is 0.497 e. The van der Waals surface area contributed by atoms with E-state index in [0.29, 0.717) is 0 Å². The molecule has 0 aliphatic carbocycles. The fourth-order valence-electron chi connectivity index (χ4n) is 4.04. The molecule has 31 heavy (non-hydrogen) atoms. The molecule has 0 spiro atoms. The van der Waals surface area contributed by atoms with Gasteiger partial charge in [-0.25, -0.2) is 0 Å². The van der Waals surface area contributed by atoms with Gasteiger partial charge in [-0.1, -0.05) is 54.6 Å². The number of nitrogens with one attached hydrogen (secondary N) is 1. The minimum Gasteiger partial charge on any atom is -0.497 e. The number of hydrogen-bond donors (Lipinski definition) is 1. The number of para-hydroxylation sites is 1. The van der Waals surface area contributed by atoms with Crippen LogP contribution in [0.3, 0.4) is 0 Å². The van der Waals surface area contributed by atoms with Crippen molar-refractivity contribution < 1.29 is 9.53 Å². The van der Waals surface area contributed by atoms with Gasteiger partial charge in [0.1, 0.15) is 5.75 Å². The van der Waals surface area contributed by atoms with Gasteiger partial charge in [0.15, 0.2) is 0 Å². The molecule has 0 radical (unpaired) electrons. The van der Waals surface area contributed by atoms with Gasteiger partial charge in [-0.05, 0) is 30.7 Å². The Balaban J connectivity index is 1.39. The molecule has 1 atom stereocenters. The first-order valence-electron chi connectivity index (χ1n) is 10.7. The van der Waals surface area contributed by atoms with Crippen LogP contribution in [0.5, 0.6) is 5.75 Å². The Morgan fingerprint density at radius 3 is 2.35 bits per heavy atom. The van der Waals surface area contributed by atoms with E-state index < -0.39 is 0 Å².